The van der Waals surface area contributed by atoms with Crippen LogP contribution >= 0.6 is 21.6 Å². The van der Waals surface area contributed by atoms with Gasteiger partial charge in [0.15, 0.2) is 0 Å². The van der Waals surface area contributed by atoms with Crippen LogP contribution in [0.4, 0.5) is 0 Å². The van der Waals surface area contributed by atoms with Crippen molar-refractivity contribution in [2.45, 2.75) is 69.6 Å². The smallest absolute Gasteiger partial charge is 0.222 e. The molecule has 18 heavy (non-hydrogen) atoms. The number of hydrogen-bond acceptors (Lipinski definition) is 3. The number of rotatable bonds is 5. The van der Waals surface area contributed by atoms with Crippen molar-refractivity contribution in [1.82, 2.24) is 4.90 Å². The monoisotopic (exact) mass is 287 g/mol. The lowest BCUT2D eigenvalue weighted by molar-refractivity contribution is -0.134. The van der Waals surface area contributed by atoms with E-state index in [1.807, 2.05) is 10.8 Å². The van der Waals surface area contributed by atoms with E-state index in [2.05, 4.69) is 22.6 Å². The third-order valence-corrected chi connectivity index (χ3v) is 7.02. The molecular weight excluding hydrogens is 262 g/mol. The summed E-state index contributed by atoms with van der Waals surface area (Å²) in [5.74, 6) is 1.72. The topological polar surface area (TPSA) is 20.3 Å². The molecule has 2 nitrogen and oxygen atoms in total. The third-order valence-electron chi connectivity index (χ3n) is 4.02. The Kier molecular flexibility index (Phi) is 6.22. The van der Waals surface area contributed by atoms with Gasteiger partial charge in [0.25, 0.3) is 0 Å². The fourth-order valence-corrected chi connectivity index (χ4v) is 5.85. The maximum absolute atomic E-state index is 12.1. The van der Waals surface area contributed by atoms with Crippen molar-refractivity contribution >= 4 is 27.5 Å². The minimum Gasteiger partial charge on any atom is -0.340 e. The number of nitrogens with zero attached hydrogens (tertiary/aromatic N) is 1. The van der Waals surface area contributed by atoms with Crippen LogP contribution in [0.15, 0.2) is 0 Å². The summed E-state index contributed by atoms with van der Waals surface area (Å²) in [5.41, 5.74) is 0. The summed E-state index contributed by atoms with van der Waals surface area (Å²) in [4.78, 5) is 14.2. The van der Waals surface area contributed by atoms with Crippen LogP contribution in [0.5, 0.6) is 0 Å². The number of piperidine rings is 1. The van der Waals surface area contributed by atoms with Gasteiger partial charge >= 0.3 is 0 Å². The van der Waals surface area contributed by atoms with E-state index in [-0.39, 0.29) is 0 Å². The number of likely N-dealkylation sites (tertiary alicyclic amines) is 1. The Labute approximate surface area is 119 Å². The molecule has 0 aliphatic carbocycles. The molecule has 2 unspecified atom stereocenters. The van der Waals surface area contributed by atoms with Crippen molar-refractivity contribution in [1.29, 1.82) is 0 Å². The SMILES string of the molecule is CC1CCCCN1C(=O)CCCCC1CCSS1. The van der Waals surface area contributed by atoms with Crippen LogP contribution in [0.25, 0.3) is 0 Å². The first-order valence-electron chi connectivity index (χ1n) is 7.35. The average molecular weight is 287 g/mol. The van der Waals surface area contributed by atoms with Crippen molar-refractivity contribution < 1.29 is 4.79 Å². The van der Waals surface area contributed by atoms with Crippen molar-refractivity contribution in [3.63, 3.8) is 0 Å². The van der Waals surface area contributed by atoms with Gasteiger partial charge in [0, 0.05) is 30.0 Å². The normalized spacial score (nSPS) is 28.6. The molecule has 0 N–H and O–H groups in total. The Morgan fingerprint density at radius 3 is 2.89 bits per heavy atom. The highest BCUT2D eigenvalue weighted by atomic mass is 33.1. The van der Waals surface area contributed by atoms with E-state index in [1.165, 1.54) is 44.3 Å². The Morgan fingerprint density at radius 2 is 2.17 bits per heavy atom. The van der Waals surface area contributed by atoms with Gasteiger partial charge in [-0.05, 0) is 45.4 Å². The standard InChI is InChI=1S/C14H25NOS2/c1-12-6-4-5-10-15(12)14(16)8-3-2-7-13-9-11-17-18-13/h12-13H,2-11H2,1H3. The highest BCUT2D eigenvalue weighted by Gasteiger charge is 2.22. The van der Waals surface area contributed by atoms with Crippen molar-refractivity contribution in [3.05, 3.63) is 0 Å². The molecular formula is C14H25NOS2. The molecule has 0 spiro atoms. The molecule has 104 valence electrons. The summed E-state index contributed by atoms with van der Waals surface area (Å²) >= 11 is 0. The van der Waals surface area contributed by atoms with E-state index in [1.54, 1.807) is 0 Å². The van der Waals surface area contributed by atoms with Crippen LogP contribution in [0.1, 0.15) is 58.3 Å². The Bertz CT molecular complexity index is 267. The zero-order valence-electron chi connectivity index (χ0n) is 11.4. The molecule has 2 heterocycles. The van der Waals surface area contributed by atoms with Crippen LogP contribution < -0.4 is 0 Å². The van der Waals surface area contributed by atoms with Crippen LogP contribution in [0, 0.1) is 0 Å². The van der Waals surface area contributed by atoms with Gasteiger partial charge in [-0.2, -0.15) is 0 Å². The van der Waals surface area contributed by atoms with Crippen LogP contribution in [-0.4, -0.2) is 34.4 Å². The van der Waals surface area contributed by atoms with Crippen molar-refractivity contribution in [3.8, 4) is 0 Å². The Balaban J connectivity index is 1.58. The van der Waals surface area contributed by atoms with Gasteiger partial charge in [-0.1, -0.05) is 28.0 Å². The van der Waals surface area contributed by atoms with Crippen LogP contribution in [0.3, 0.4) is 0 Å². The summed E-state index contributed by atoms with van der Waals surface area (Å²) in [7, 11) is 4.06. The molecule has 0 bridgehead atoms. The highest BCUT2D eigenvalue weighted by molar-refractivity contribution is 8.77. The molecule has 0 aromatic carbocycles. The summed E-state index contributed by atoms with van der Waals surface area (Å²) in [6.07, 6.45) is 9.45. The molecule has 2 aliphatic heterocycles. The quantitative estimate of drug-likeness (QED) is 0.561. The summed E-state index contributed by atoms with van der Waals surface area (Å²) in [5, 5.41) is 0.860. The fraction of sp³-hybridized carbons (Fsp3) is 0.929. The van der Waals surface area contributed by atoms with Gasteiger partial charge < -0.3 is 4.90 Å². The fourth-order valence-electron chi connectivity index (χ4n) is 2.82. The number of amides is 1. The second-order valence-corrected chi connectivity index (χ2v) is 8.29. The summed E-state index contributed by atoms with van der Waals surface area (Å²) in [6, 6.07) is 0.480. The predicted octanol–water partition coefficient (Wildman–Crippen LogP) is 4.10. The second kappa shape index (κ2) is 7.68. The molecule has 1 amide bonds. The molecule has 2 aliphatic rings. The lowest BCUT2D eigenvalue weighted by atomic mass is 10.0. The van der Waals surface area contributed by atoms with Gasteiger partial charge in [0.05, 0.1) is 0 Å². The molecule has 0 aromatic rings. The van der Waals surface area contributed by atoms with E-state index in [0.717, 1.165) is 24.6 Å². The van der Waals surface area contributed by atoms with Crippen molar-refractivity contribution in [2.75, 3.05) is 12.3 Å². The van der Waals surface area contributed by atoms with Gasteiger partial charge in [-0.3, -0.25) is 4.79 Å². The number of hydrogen-bond donors (Lipinski definition) is 0. The van der Waals surface area contributed by atoms with E-state index in [9.17, 15) is 4.79 Å². The predicted molar refractivity (Wildman–Crippen MR) is 81.9 cm³/mol. The van der Waals surface area contributed by atoms with Crippen LogP contribution in [-0.2, 0) is 4.79 Å². The second-order valence-electron chi connectivity index (χ2n) is 5.51. The lowest BCUT2D eigenvalue weighted by Gasteiger charge is -2.33. The van der Waals surface area contributed by atoms with E-state index in [4.69, 9.17) is 0 Å². The van der Waals surface area contributed by atoms with Gasteiger partial charge in [0.1, 0.15) is 0 Å². The molecule has 0 aromatic heterocycles. The number of unbranched alkanes of at least 4 members (excludes halogenated alkanes) is 1. The van der Waals surface area contributed by atoms with E-state index < -0.39 is 0 Å². The maximum Gasteiger partial charge on any atom is 0.222 e. The zero-order chi connectivity index (χ0) is 12.8. The Hall–Kier alpha value is 0.170. The molecule has 2 atom stereocenters. The number of carbonyl (C=O) groups excluding carboxylic acids is 1. The molecule has 0 saturated carbocycles. The highest BCUT2D eigenvalue weighted by Crippen LogP contribution is 2.39. The average Bonchev–Trinajstić information content (AvgIpc) is 2.88. The molecule has 2 saturated heterocycles. The minimum absolute atomic E-state index is 0.399. The molecule has 0 radical (unpaired) electrons. The maximum atomic E-state index is 12.1. The summed E-state index contributed by atoms with van der Waals surface area (Å²) in [6.45, 7) is 3.19. The molecule has 2 fully saturated rings. The van der Waals surface area contributed by atoms with E-state index >= 15 is 0 Å². The number of carbonyl (C=O) groups is 1. The first-order valence-corrected chi connectivity index (χ1v) is 9.73. The molecule has 4 heteroatoms. The third kappa shape index (κ3) is 4.37. The minimum atomic E-state index is 0.399. The van der Waals surface area contributed by atoms with Gasteiger partial charge in [-0.25, -0.2) is 0 Å². The van der Waals surface area contributed by atoms with Gasteiger partial charge in [0.2, 0.25) is 5.91 Å². The Morgan fingerprint density at radius 1 is 1.28 bits per heavy atom. The van der Waals surface area contributed by atoms with Gasteiger partial charge in [-0.15, -0.1) is 0 Å². The molecule has 2 rings (SSSR count). The zero-order valence-corrected chi connectivity index (χ0v) is 13.0. The first-order chi connectivity index (χ1) is 8.77. The van der Waals surface area contributed by atoms with E-state index in [0.29, 0.717) is 11.9 Å². The summed E-state index contributed by atoms with van der Waals surface area (Å²) < 4.78 is 0. The van der Waals surface area contributed by atoms with Crippen molar-refractivity contribution in [2.24, 2.45) is 0 Å². The first kappa shape index (κ1) is 14.6. The lowest BCUT2D eigenvalue weighted by Crippen LogP contribution is -2.41. The van der Waals surface area contributed by atoms with Crippen LogP contribution in [0.2, 0.25) is 0 Å². The largest absolute Gasteiger partial charge is 0.340 e.